The van der Waals surface area contributed by atoms with Gasteiger partial charge in [-0.15, -0.1) is 11.3 Å². The predicted molar refractivity (Wildman–Crippen MR) is 110 cm³/mol. The number of hydrogen-bond donors (Lipinski definition) is 1. The van der Waals surface area contributed by atoms with Gasteiger partial charge in [0.05, 0.1) is 16.5 Å². The minimum absolute atomic E-state index is 0.0391. The van der Waals surface area contributed by atoms with Gasteiger partial charge in [-0.05, 0) is 38.5 Å². The van der Waals surface area contributed by atoms with Crippen molar-refractivity contribution in [2.75, 3.05) is 27.2 Å². The monoisotopic (exact) mass is 415 g/mol. The first kappa shape index (κ1) is 20.7. The largest absolute Gasteiger partial charge is 0.507 e. The Morgan fingerprint density at radius 1 is 1.28 bits per heavy atom. The van der Waals surface area contributed by atoms with E-state index in [1.807, 2.05) is 30.4 Å². The number of carbonyl (C=O) groups is 2. The third kappa shape index (κ3) is 4.20. The number of aliphatic hydroxyl groups excluding tert-OH is 1. The van der Waals surface area contributed by atoms with Gasteiger partial charge in [-0.25, -0.2) is 0 Å². The number of ketones is 1. The molecule has 9 heteroatoms. The van der Waals surface area contributed by atoms with Crippen molar-refractivity contribution in [3.05, 3.63) is 67.9 Å². The van der Waals surface area contributed by atoms with E-state index in [1.54, 1.807) is 6.07 Å². The highest BCUT2D eigenvalue weighted by atomic mass is 32.1. The first-order chi connectivity index (χ1) is 13.8. The lowest BCUT2D eigenvalue weighted by atomic mass is 9.99. The Kier molecular flexibility index (Phi) is 6.09. The molecule has 0 spiro atoms. The van der Waals surface area contributed by atoms with E-state index in [0.29, 0.717) is 13.0 Å². The summed E-state index contributed by atoms with van der Waals surface area (Å²) in [5, 5.41) is 23.8. The molecule has 2 aromatic rings. The minimum Gasteiger partial charge on any atom is -0.507 e. The number of nitrogens with zero attached hydrogens (tertiary/aromatic N) is 3. The fourth-order valence-corrected chi connectivity index (χ4v) is 4.18. The summed E-state index contributed by atoms with van der Waals surface area (Å²) in [6.45, 7) is 1.10. The van der Waals surface area contributed by atoms with Crippen LogP contribution in [0.15, 0.2) is 47.4 Å². The Labute approximate surface area is 171 Å². The van der Waals surface area contributed by atoms with Crippen LogP contribution in [0, 0.1) is 10.1 Å². The predicted octanol–water partition coefficient (Wildman–Crippen LogP) is 3.03. The third-order valence-corrected chi connectivity index (χ3v) is 5.61. The molecule has 29 heavy (non-hydrogen) atoms. The molecule has 1 aromatic carbocycles. The number of Topliss-reactive ketones (excluding diaryl/α,β-unsaturated/α-hetero) is 1. The van der Waals surface area contributed by atoms with E-state index in [0.717, 1.165) is 11.4 Å². The Morgan fingerprint density at radius 2 is 2.03 bits per heavy atom. The van der Waals surface area contributed by atoms with Crippen LogP contribution in [-0.2, 0) is 9.59 Å². The number of nitro groups is 1. The number of rotatable bonds is 7. The van der Waals surface area contributed by atoms with Gasteiger partial charge in [0.1, 0.15) is 5.76 Å². The maximum absolute atomic E-state index is 12.8. The maximum atomic E-state index is 12.8. The van der Waals surface area contributed by atoms with Crippen LogP contribution in [0.25, 0.3) is 5.76 Å². The molecule has 152 valence electrons. The number of hydrogen-bond acceptors (Lipinski definition) is 7. The van der Waals surface area contributed by atoms with E-state index in [9.17, 15) is 24.8 Å². The van der Waals surface area contributed by atoms with Crippen LogP contribution in [0.1, 0.15) is 22.9 Å². The van der Waals surface area contributed by atoms with E-state index in [1.165, 1.54) is 40.5 Å². The smallest absolute Gasteiger partial charge is 0.295 e. The van der Waals surface area contributed by atoms with Crippen molar-refractivity contribution in [2.45, 2.75) is 12.5 Å². The van der Waals surface area contributed by atoms with E-state index in [2.05, 4.69) is 0 Å². The molecule has 1 aliphatic heterocycles. The van der Waals surface area contributed by atoms with Gasteiger partial charge in [0, 0.05) is 29.1 Å². The topological polar surface area (TPSA) is 104 Å². The highest BCUT2D eigenvalue weighted by Gasteiger charge is 2.46. The number of aliphatic hydroxyl groups is 1. The van der Waals surface area contributed by atoms with Gasteiger partial charge in [0.2, 0.25) is 0 Å². The Bertz CT molecular complexity index is 968. The quantitative estimate of drug-likeness (QED) is 0.245. The van der Waals surface area contributed by atoms with Crippen LogP contribution in [0.4, 0.5) is 5.69 Å². The van der Waals surface area contributed by atoms with Crippen LogP contribution in [-0.4, -0.2) is 58.7 Å². The van der Waals surface area contributed by atoms with Crippen molar-refractivity contribution in [1.82, 2.24) is 9.80 Å². The van der Waals surface area contributed by atoms with Crippen LogP contribution in [0.2, 0.25) is 0 Å². The molecule has 2 heterocycles. The molecule has 1 fully saturated rings. The van der Waals surface area contributed by atoms with Crippen molar-refractivity contribution in [2.24, 2.45) is 0 Å². The lowest BCUT2D eigenvalue weighted by Crippen LogP contribution is -2.32. The number of carbonyl (C=O) groups excluding carboxylic acids is 2. The van der Waals surface area contributed by atoms with Gasteiger partial charge < -0.3 is 14.9 Å². The molecule has 1 aromatic heterocycles. The molecule has 1 amide bonds. The van der Waals surface area contributed by atoms with Crippen LogP contribution < -0.4 is 0 Å². The first-order valence-corrected chi connectivity index (χ1v) is 9.90. The highest BCUT2D eigenvalue weighted by Crippen LogP contribution is 2.41. The number of non-ortho nitro benzene ring substituents is 1. The second kappa shape index (κ2) is 8.54. The highest BCUT2D eigenvalue weighted by molar-refractivity contribution is 7.10. The normalized spacial score (nSPS) is 18.6. The van der Waals surface area contributed by atoms with E-state index < -0.39 is 28.4 Å². The maximum Gasteiger partial charge on any atom is 0.295 e. The van der Waals surface area contributed by atoms with Crippen molar-refractivity contribution >= 4 is 34.5 Å². The molecular weight excluding hydrogens is 394 g/mol. The molecule has 1 unspecified atom stereocenters. The second-order valence-electron chi connectivity index (χ2n) is 6.97. The molecule has 1 N–H and O–H groups in total. The van der Waals surface area contributed by atoms with Crippen LogP contribution >= 0.6 is 11.3 Å². The zero-order chi connectivity index (χ0) is 21.1. The summed E-state index contributed by atoms with van der Waals surface area (Å²) in [4.78, 5) is 40.2. The zero-order valence-corrected chi connectivity index (χ0v) is 16.9. The van der Waals surface area contributed by atoms with E-state index >= 15 is 0 Å². The number of likely N-dealkylation sites (tertiary alicyclic amines) is 1. The van der Waals surface area contributed by atoms with Gasteiger partial charge in [0.15, 0.2) is 0 Å². The average Bonchev–Trinajstić information content (AvgIpc) is 3.29. The number of benzene rings is 1. The summed E-state index contributed by atoms with van der Waals surface area (Å²) in [7, 11) is 3.85. The van der Waals surface area contributed by atoms with Gasteiger partial charge in [-0.3, -0.25) is 19.7 Å². The second-order valence-corrected chi connectivity index (χ2v) is 7.95. The van der Waals surface area contributed by atoms with Crippen LogP contribution in [0.3, 0.4) is 0 Å². The number of amides is 1. The molecule has 1 saturated heterocycles. The number of nitro benzene ring substituents is 1. The van der Waals surface area contributed by atoms with Crippen molar-refractivity contribution in [1.29, 1.82) is 0 Å². The van der Waals surface area contributed by atoms with Crippen molar-refractivity contribution in [3.63, 3.8) is 0 Å². The third-order valence-electron chi connectivity index (χ3n) is 4.69. The molecule has 0 radical (unpaired) electrons. The zero-order valence-electron chi connectivity index (χ0n) is 16.1. The fraction of sp³-hybridized carbons (Fsp3) is 0.300. The van der Waals surface area contributed by atoms with Crippen LogP contribution in [0.5, 0.6) is 0 Å². The van der Waals surface area contributed by atoms with Gasteiger partial charge in [0.25, 0.3) is 17.4 Å². The molecule has 8 nitrogen and oxygen atoms in total. The van der Waals surface area contributed by atoms with E-state index in [4.69, 9.17) is 0 Å². The Hall–Kier alpha value is -3.04. The molecule has 0 bridgehead atoms. The molecule has 0 aliphatic carbocycles. The molecule has 1 atom stereocenters. The lowest BCUT2D eigenvalue weighted by molar-refractivity contribution is -0.384. The summed E-state index contributed by atoms with van der Waals surface area (Å²) in [5.74, 6) is -1.85. The average molecular weight is 415 g/mol. The van der Waals surface area contributed by atoms with Crippen molar-refractivity contribution < 1.29 is 19.6 Å². The summed E-state index contributed by atoms with van der Waals surface area (Å²) < 4.78 is 0. The summed E-state index contributed by atoms with van der Waals surface area (Å²) >= 11 is 1.38. The molecule has 0 saturated carbocycles. The molecule has 3 rings (SSSR count). The number of thiophene rings is 1. The SMILES string of the molecule is CN(C)CCCN1C(=O)C(=O)/C(=C(\O)c2cccc([N+](=O)[O-])c2)C1c1cccs1. The van der Waals surface area contributed by atoms with E-state index in [-0.39, 0.29) is 16.8 Å². The fourth-order valence-electron chi connectivity index (χ4n) is 3.33. The Balaban J connectivity index is 2.06. The van der Waals surface area contributed by atoms with Gasteiger partial charge in [-0.1, -0.05) is 18.2 Å². The van der Waals surface area contributed by atoms with Gasteiger partial charge in [-0.2, -0.15) is 0 Å². The molecular formula is C20H21N3O5S. The lowest BCUT2D eigenvalue weighted by Gasteiger charge is -2.24. The minimum atomic E-state index is -0.780. The first-order valence-electron chi connectivity index (χ1n) is 9.02. The standard InChI is InChI=1S/C20H21N3O5S/c1-21(2)9-5-10-22-17(15-8-4-11-29-15)16(19(25)20(22)26)18(24)13-6-3-7-14(12-13)23(27)28/h3-4,6-8,11-12,17,24H,5,9-10H2,1-2H3/b18-16-. The molecule has 1 aliphatic rings. The van der Waals surface area contributed by atoms with Gasteiger partial charge >= 0.3 is 0 Å². The van der Waals surface area contributed by atoms with Crippen molar-refractivity contribution in [3.8, 4) is 0 Å². The summed E-state index contributed by atoms with van der Waals surface area (Å²) in [5.41, 5.74) is -0.114. The summed E-state index contributed by atoms with van der Waals surface area (Å²) in [6.07, 6.45) is 0.665. The Morgan fingerprint density at radius 3 is 2.66 bits per heavy atom. The summed E-state index contributed by atoms with van der Waals surface area (Å²) in [6, 6.07) is 8.31.